The first-order valence-electron chi connectivity index (χ1n) is 8.26. The molecule has 0 saturated carbocycles. The normalized spacial score (nSPS) is 14.3. The Labute approximate surface area is 146 Å². The van der Waals surface area contributed by atoms with Crippen LogP contribution in [0, 0.1) is 6.92 Å². The van der Waals surface area contributed by atoms with Crippen molar-refractivity contribution >= 4 is 18.3 Å². The van der Waals surface area contributed by atoms with Crippen molar-refractivity contribution in [2.45, 2.75) is 13.5 Å². The maximum atomic E-state index is 12.4. The first-order valence-corrected chi connectivity index (χ1v) is 8.26. The number of amides is 2. The molecule has 130 valence electrons. The van der Waals surface area contributed by atoms with Crippen molar-refractivity contribution in [3.8, 4) is 0 Å². The maximum absolute atomic E-state index is 12.4. The highest BCUT2D eigenvalue weighted by Gasteiger charge is 2.21. The molecule has 1 aromatic carbocycles. The molecular weight excluding hydrogens is 318 g/mol. The van der Waals surface area contributed by atoms with Crippen LogP contribution in [-0.2, 0) is 11.3 Å². The van der Waals surface area contributed by atoms with E-state index in [4.69, 9.17) is 0 Å². The van der Waals surface area contributed by atoms with Gasteiger partial charge in [0, 0.05) is 45.1 Å². The van der Waals surface area contributed by atoms with Gasteiger partial charge < -0.3 is 15.1 Å². The zero-order valence-corrected chi connectivity index (χ0v) is 14.2. The molecule has 0 aliphatic carbocycles. The molecule has 1 aliphatic rings. The summed E-state index contributed by atoms with van der Waals surface area (Å²) in [6.07, 6.45) is 3.90. The van der Waals surface area contributed by atoms with Gasteiger partial charge in [0.25, 0.3) is 5.91 Å². The Balaban J connectivity index is 1.56. The van der Waals surface area contributed by atoms with Crippen LogP contribution in [0.1, 0.15) is 21.5 Å². The van der Waals surface area contributed by atoms with Crippen molar-refractivity contribution in [3.05, 3.63) is 53.3 Å². The van der Waals surface area contributed by atoms with Gasteiger partial charge in [-0.3, -0.25) is 9.59 Å². The monoisotopic (exact) mass is 339 g/mol. The topological polar surface area (TPSA) is 78.4 Å². The Kier molecular flexibility index (Phi) is 5.23. The number of hydrogen-bond acceptors (Lipinski definition) is 5. The Hall–Kier alpha value is -2.96. The lowest BCUT2D eigenvalue weighted by Crippen LogP contribution is -2.48. The molecule has 2 aromatic rings. The molecule has 0 atom stereocenters. The predicted octanol–water partition coefficient (Wildman–Crippen LogP) is 1.31. The second-order valence-electron chi connectivity index (χ2n) is 6.07. The van der Waals surface area contributed by atoms with Gasteiger partial charge in [0.2, 0.25) is 12.4 Å². The van der Waals surface area contributed by atoms with Crippen LogP contribution in [0.2, 0.25) is 0 Å². The van der Waals surface area contributed by atoms with E-state index in [0.29, 0.717) is 44.2 Å². The number of carbonyl (C=O) groups excluding carboxylic acids is 2. The van der Waals surface area contributed by atoms with Crippen LogP contribution >= 0.6 is 0 Å². The van der Waals surface area contributed by atoms with Crippen molar-refractivity contribution in [3.63, 3.8) is 0 Å². The highest BCUT2D eigenvalue weighted by atomic mass is 16.2. The molecule has 7 heteroatoms. The molecule has 25 heavy (non-hydrogen) atoms. The molecular formula is C18H21N5O2. The minimum Gasteiger partial charge on any atom is -0.350 e. The fourth-order valence-corrected chi connectivity index (χ4v) is 2.75. The van der Waals surface area contributed by atoms with E-state index < -0.39 is 0 Å². The van der Waals surface area contributed by atoms with Crippen LogP contribution in [0.3, 0.4) is 0 Å². The summed E-state index contributed by atoms with van der Waals surface area (Å²) in [5.74, 6) is 0.389. The quantitative estimate of drug-likeness (QED) is 0.831. The number of carbonyl (C=O) groups is 2. The van der Waals surface area contributed by atoms with E-state index >= 15 is 0 Å². The minimum absolute atomic E-state index is 0.101. The zero-order valence-electron chi connectivity index (χ0n) is 14.2. The number of rotatable bonds is 5. The van der Waals surface area contributed by atoms with Crippen LogP contribution in [0.4, 0.5) is 5.95 Å². The van der Waals surface area contributed by atoms with Gasteiger partial charge in [-0.15, -0.1) is 0 Å². The molecule has 1 saturated heterocycles. The van der Waals surface area contributed by atoms with E-state index in [0.717, 1.165) is 12.0 Å². The third kappa shape index (κ3) is 4.32. The summed E-state index contributed by atoms with van der Waals surface area (Å²) in [7, 11) is 0. The number of nitrogens with one attached hydrogen (secondary N) is 1. The van der Waals surface area contributed by atoms with Gasteiger partial charge in [0.15, 0.2) is 0 Å². The molecule has 3 rings (SSSR count). The molecule has 7 nitrogen and oxygen atoms in total. The van der Waals surface area contributed by atoms with Gasteiger partial charge in [-0.2, -0.15) is 0 Å². The lowest BCUT2D eigenvalue weighted by Gasteiger charge is -2.32. The number of aromatic nitrogens is 2. The molecule has 0 bridgehead atoms. The molecule has 1 aromatic heterocycles. The van der Waals surface area contributed by atoms with Gasteiger partial charge >= 0.3 is 0 Å². The van der Waals surface area contributed by atoms with Gasteiger partial charge in [0.05, 0.1) is 5.56 Å². The Bertz CT molecular complexity index is 739. The van der Waals surface area contributed by atoms with E-state index in [9.17, 15) is 9.59 Å². The molecule has 2 heterocycles. The van der Waals surface area contributed by atoms with E-state index in [-0.39, 0.29) is 5.91 Å². The number of anilines is 1. The van der Waals surface area contributed by atoms with Crippen molar-refractivity contribution < 1.29 is 9.59 Å². The van der Waals surface area contributed by atoms with Crippen molar-refractivity contribution in [1.82, 2.24) is 19.8 Å². The highest BCUT2D eigenvalue weighted by Crippen LogP contribution is 2.09. The highest BCUT2D eigenvalue weighted by molar-refractivity contribution is 5.93. The average Bonchev–Trinajstić information content (AvgIpc) is 2.66. The number of piperazine rings is 1. The third-order valence-corrected chi connectivity index (χ3v) is 4.18. The maximum Gasteiger partial charge on any atom is 0.257 e. The molecule has 0 unspecified atom stereocenters. The fraction of sp³-hybridized carbons (Fsp3) is 0.333. The zero-order chi connectivity index (χ0) is 17.6. The van der Waals surface area contributed by atoms with E-state index in [1.807, 2.05) is 12.1 Å². The number of aryl methyl sites for hydroxylation is 1. The van der Waals surface area contributed by atoms with Crippen LogP contribution in [-0.4, -0.2) is 58.3 Å². The summed E-state index contributed by atoms with van der Waals surface area (Å²) in [5.41, 5.74) is 2.81. The van der Waals surface area contributed by atoms with E-state index in [1.165, 1.54) is 5.56 Å². The second kappa shape index (κ2) is 7.74. The molecule has 1 aliphatic heterocycles. The molecule has 1 N–H and O–H groups in total. The third-order valence-electron chi connectivity index (χ3n) is 4.18. The minimum atomic E-state index is -0.101. The summed E-state index contributed by atoms with van der Waals surface area (Å²) >= 11 is 0. The van der Waals surface area contributed by atoms with Gasteiger partial charge in [-0.1, -0.05) is 29.8 Å². The average molecular weight is 339 g/mol. The number of hydrogen-bond donors (Lipinski definition) is 1. The summed E-state index contributed by atoms with van der Waals surface area (Å²) in [6, 6.07) is 8.20. The Morgan fingerprint density at radius 2 is 1.92 bits per heavy atom. The van der Waals surface area contributed by atoms with Gasteiger partial charge in [-0.25, -0.2) is 9.97 Å². The summed E-state index contributed by atoms with van der Waals surface area (Å²) in [6.45, 7) is 4.87. The summed E-state index contributed by atoms with van der Waals surface area (Å²) < 4.78 is 0. The first kappa shape index (κ1) is 16.9. The molecule has 1 fully saturated rings. The lowest BCUT2D eigenvalue weighted by atomic mass is 10.1. The van der Waals surface area contributed by atoms with Crippen molar-refractivity contribution in [2.75, 3.05) is 31.5 Å². The van der Waals surface area contributed by atoms with Gasteiger partial charge in [0.1, 0.15) is 0 Å². The molecule has 0 radical (unpaired) electrons. The number of benzene rings is 1. The first-order chi connectivity index (χ1) is 12.2. The smallest absolute Gasteiger partial charge is 0.257 e. The van der Waals surface area contributed by atoms with Crippen LogP contribution in [0.15, 0.2) is 36.7 Å². The fourth-order valence-electron chi connectivity index (χ4n) is 2.75. The standard InChI is InChI=1S/C18H21N5O2/c1-14-3-2-4-15(9-14)10-19-18-20-11-16(12-21-18)17(25)23-7-5-22(13-24)6-8-23/h2-4,9,11-13H,5-8,10H2,1H3,(H,19,20,21). The predicted molar refractivity (Wildman–Crippen MR) is 94.1 cm³/mol. The van der Waals surface area contributed by atoms with Crippen molar-refractivity contribution in [2.24, 2.45) is 0 Å². The van der Waals surface area contributed by atoms with Crippen LogP contribution in [0.5, 0.6) is 0 Å². The van der Waals surface area contributed by atoms with E-state index in [2.05, 4.69) is 34.3 Å². The summed E-state index contributed by atoms with van der Waals surface area (Å²) in [4.78, 5) is 35.0. The lowest BCUT2D eigenvalue weighted by molar-refractivity contribution is -0.119. The van der Waals surface area contributed by atoms with Crippen LogP contribution in [0.25, 0.3) is 0 Å². The Morgan fingerprint density at radius 1 is 1.20 bits per heavy atom. The molecule has 0 spiro atoms. The molecule has 2 amide bonds. The number of nitrogens with zero attached hydrogens (tertiary/aromatic N) is 4. The summed E-state index contributed by atoms with van der Waals surface area (Å²) in [5, 5.41) is 3.15. The van der Waals surface area contributed by atoms with Crippen molar-refractivity contribution in [1.29, 1.82) is 0 Å². The van der Waals surface area contributed by atoms with Gasteiger partial charge in [-0.05, 0) is 12.5 Å². The van der Waals surface area contributed by atoms with Crippen LogP contribution < -0.4 is 5.32 Å². The Morgan fingerprint density at radius 3 is 2.56 bits per heavy atom. The SMILES string of the molecule is Cc1cccc(CNc2ncc(C(=O)N3CCN(C=O)CC3)cn2)c1. The largest absolute Gasteiger partial charge is 0.350 e. The second-order valence-corrected chi connectivity index (χ2v) is 6.07. The van der Waals surface area contributed by atoms with E-state index in [1.54, 1.807) is 22.2 Å².